The first-order valence-corrected chi connectivity index (χ1v) is 8.05. The van der Waals surface area contributed by atoms with Crippen LogP contribution in [0.5, 0.6) is 0 Å². The Kier molecular flexibility index (Phi) is 5.53. The molecular formula is C17H19ClOS. The van der Waals surface area contributed by atoms with Crippen LogP contribution in [0, 0.1) is 0 Å². The SMILES string of the molecule is CCc1ccc([C@@H](O)[C@@H](C)Sc2ccc(Cl)cc2)cc1. The summed E-state index contributed by atoms with van der Waals surface area (Å²) in [5.41, 5.74) is 2.26. The minimum atomic E-state index is -0.471. The molecule has 0 saturated carbocycles. The Balaban J connectivity index is 2.03. The second-order valence-corrected chi connectivity index (χ2v) is 6.70. The van der Waals surface area contributed by atoms with E-state index in [1.165, 1.54) is 5.56 Å². The van der Waals surface area contributed by atoms with E-state index in [0.29, 0.717) is 0 Å². The van der Waals surface area contributed by atoms with E-state index in [9.17, 15) is 5.11 Å². The molecule has 0 aliphatic heterocycles. The van der Waals surface area contributed by atoms with Crippen LogP contribution in [0.2, 0.25) is 5.02 Å². The highest BCUT2D eigenvalue weighted by atomic mass is 35.5. The Labute approximate surface area is 130 Å². The van der Waals surface area contributed by atoms with Gasteiger partial charge in [0.25, 0.3) is 0 Å². The van der Waals surface area contributed by atoms with Crippen LogP contribution >= 0.6 is 23.4 Å². The summed E-state index contributed by atoms with van der Waals surface area (Å²) in [7, 11) is 0. The molecule has 3 heteroatoms. The molecular weight excluding hydrogens is 288 g/mol. The van der Waals surface area contributed by atoms with E-state index >= 15 is 0 Å². The molecule has 0 amide bonds. The molecule has 106 valence electrons. The third-order valence-corrected chi connectivity index (χ3v) is 4.74. The number of hydrogen-bond donors (Lipinski definition) is 1. The van der Waals surface area contributed by atoms with Crippen molar-refractivity contribution >= 4 is 23.4 Å². The maximum atomic E-state index is 10.4. The van der Waals surface area contributed by atoms with Gasteiger partial charge in [0, 0.05) is 15.2 Å². The first-order valence-electron chi connectivity index (χ1n) is 6.79. The minimum Gasteiger partial charge on any atom is -0.387 e. The molecule has 2 atom stereocenters. The third kappa shape index (κ3) is 4.02. The van der Waals surface area contributed by atoms with Crippen LogP contribution in [-0.4, -0.2) is 10.4 Å². The molecule has 0 aromatic heterocycles. The molecule has 0 fully saturated rings. The molecule has 2 aromatic rings. The molecule has 0 saturated heterocycles. The van der Waals surface area contributed by atoms with E-state index in [1.54, 1.807) is 11.8 Å². The molecule has 20 heavy (non-hydrogen) atoms. The Morgan fingerprint density at radius 2 is 1.65 bits per heavy atom. The number of aliphatic hydroxyl groups is 1. The predicted octanol–water partition coefficient (Wildman–Crippen LogP) is 5.12. The summed E-state index contributed by atoms with van der Waals surface area (Å²) in [6, 6.07) is 15.9. The van der Waals surface area contributed by atoms with E-state index in [1.807, 2.05) is 43.3 Å². The Bertz CT molecular complexity index is 536. The maximum Gasteiger partial charge on any atom is 0.0909 e. The molecule has 2 rings (SSSR count). The van der Waals surface area contributed by atoms with Gasteiger partial charge in [-0.25, -0.2) is 0 Å². The van der Waals surface area contributed by atoms with Gasteiger partial charge in [0.05, 0.1) is 6.10 Å². The van der Waals surface area contributed by atoms with Gasteiger partial charge in [0.15, 0.2) is 0 Å². The normalized spacial score (nSPS) is 14.0. The smallest absolute Gasteiger partial charge is 0.0909 e. The van der Waals surface area contributed by atoms with Crippen LogP contribution in [0.3, 0.4) is 0 Å². The van der Waals surface area contributed by atoms with E-state index < -0.39 is 6.10 Å². The van der Waals surface area contributed by atoms with Crippen molar-refractivity contribution in [3.05, 3.63) is 64.7 Å². The van der Waals surface area contributed by atoms with Gasteiger partial charge < -0.3 is 5.11 Å². The Hall–Kier alpha value is -0.960. The standard InChI is InChI=1S/C17H19ClOS/c1-3-13-4-6-14(7-5-13)17(19)12(2)20-16-10-8-15(18)9-11-16/h4-12,17,19H,3H2,1-2H3/t12-,17+/m1/s1. The first kappa shape index (κ1) is 15.4. The third-order valence-electron chi connectivity index (χ3n) is 3.31. The minimum absolute atomic E-state index is 0.0867. The second-order valence-electron chi connectivity index (χ2n) is 4.82. The Morgan fingerprint density at radius 3 is 2.20 bits per heavy atom. The van der Waals surface area contributed by atoms with Gasteiger partial charge in [0.2, 0.25) is 0 Å². The van der Waals surface area contributed by atoms with Gasteiger partial charge in [-0.15, -0.1) is 11.8 Å². The zero-order valence-corrected chi connectivity index (χ0v) is 13.3. The average molecular weight is 307 g/mol. The lowest BCUT2D eigenvalue weighted by molar-refractivity contribution is 0.179. The molecule has 0 aliphatic carbocycles. The van der Waals surface area contributed by atoms with Gasteiger partial charge in [-0.1, -0.05) is 49.7 Å². The van der Waals surface area contributed by atoms with Crippen molar-refractivity contribution in [1.29, 1.82) is 0 Å². The number of halogens is 1. The van der Waals surface area contributed by atoms with E-state index in [0.717, 1.165) is 21.9 Å². The first-order chi connectivity index (χ1) is 9.60. The molecule has 0 spiro atoms. The molecule has 0 aliphatic rings. The maximum absolute atomic E-state index is 10.4. The van der Waals surface area contributed by atoms with Crippen LogP contribution in [0.15, 0.2) is 53.4 Å². The van der Waals surface area contributed by atoms with Crippen molar-refractivity contribution in [3.63, 3.8) is 0 Å². The highest BCUT2D eigenvalue weighted by Gasteiger charge is 2.17. The predicted molar refractivity (Wildman–Crippen MR) is 87.6 cm³/mol. The Morgan fingerprint density at radius 1 is 1.05 bits per heavy atom. The zero-order chi connectivity index (χ0) is 14.5. The van der Waals surface area contributed by atoms with Gasteiger partial charge in [-0.3, -0.25) is 0 Å². The molecule has 0 bridgehead atoms. The molecule has 1 nitrogen and oxygen atoms in total. The largest absolute Gasteiger partial charge is 0.387 e. The quantitative estimate of drug-likeness (QED) is 0.774. The van der Waals surface area contributed by atoms with E-state index in [2.05, 4.69) is 19.1 Å². The van der Waals surface area contributed by atoms with Crippen LogP contribution in [0.1, 0.15) is 31.1 Å². The number of aliphatic hydroxyl groups excluding tert-OH is 1. The second kappa shape index (κ2) is 7.16. The van der Waals surface area contributed by atoms with Crippen LogP contribution in [-0.2, 0) is 6.42 Å². The van der Waals surface area contributed by atoms with Crippen molar-refractivity contribution in [3.8, 4) is 0 Å². The lowest BCUT2D eigenvalue weighted by atomic mass is 10.0. The summed E-state index contributed by atoms with van der Waals surface area (Å²) >= 11 is 7.53. The summed E-state index contributed by atoms with van der Waals surface area (Å²) in [6.07, 6.45) is 0.549. The average Bonchev–Trinajstić information content (AvgIpc) is 2.49. The van der Waals surface area contributed by atoms with Crippen LogP contribution in [0.4, 0.5) is 0 Å². The lowest BCUT2D eigenvalue weighted by Crippen LogP contribution is -2.11. The summed E-state index contributed by atoms with van der Waals surface area (Å²) < 4.78 is 0. The molecule has 0 radical (unpaired) electrons. The monoisotopic (exact) mass is 306 g/mol. The molecule has 2 aromatic carbocycles. The van der Waals surface area contributed by atoms with E-state index in [4.69, 9.17) is 11.6 Å². The van der Waals surface area contributed by atoms with Crippen molar-refractivity contribution in [1.82, 2.24) is 0 Å². The number of thioether (sulfide) groups is 1. The highest BCUT2D eigenvalue weighted by molar-refractivity contribution is 8.00. The summed E-state index contributed by atoms with van der Waals surface area (Å²) in [6.45, 7) is 4.17. The van der Waals surface area contributed by atoms with Crippen molar-refractivity contribution < 1.29 is 5.11 Å². The van der Waals surface area contributed by atoms with E-state index in [-0.39, 0.29) is 5.25 Å². The fourth-order valence-electron chi connectivity index (χ4n) is 2.01. The number of hydrogen-bond acceptors (Lipinski definition) is 2. The number of rotatable bonds is 5. The number of aryl methyl sites for hydroxylation is 1. The summed E-state index contributed by atoms with van der Waals surface area (Å²) in [5.74, 6) is 0. The van der Waals surface area contributed by atoms with Crippen LogP contribution < -0.4 is 0 Å². The molecule has 0 heterocycles. The lowest BCUT2D eigenvalue weighted by Gasteiger charge is -2.19. The fraction of sp³-hybridized carbons (Fsp3) is 0.294. The topological polar surface area (TPSA) is 20.2 Å². The van der Waals surface area contributed by atoms with Crippen molar-refractivity contribution in [2.24, 2.45) is 0 Å². The zero-order valence-electron chi connectivity index (χ0n) is 11.7. The van der Waals surface area contributed by atoms with Crippen molar-refractivity contribution in [2.75, 3.05) is 0 Å². The summed E-state index contributed by atoms with van der Waals surface area (Å²) in [4.78, 5) is 1.12. The van der Waals surface area contributed by atoms with Gasteiger partial charge in [-0.05, 0) is 41.8 Å². The van der Waals surface area contributed by atoms with Crippen molar-refractivity contribution in [2.45, 2.75) is 36.5 Å². The van der Waals surface area contributed by atoms with Gasteiger partial charge >= 0.3 is 0 Å². The van der Waals surface area contributed by atoms with Crippen LogP contribution in [0.25, 0.3) is 0 Å². The molecule has 1 N–H and O–H groups in total. The highest BCUT2D eigenvalue weighted by Crippen LogP contribution is 2.32. The van der Waals surface area contributed by atoms with Gasteiger partial charge in [-0.2, -0.15) is 0 Å². The molecule has 0 unspecified atom stereocenters. The summed E-state index contributed by atoms with van der Waals surface area (Å²) in [5, 5.41) is 11.2. The fourth-order valence-corrected chi connectivity index (χ4v) is 3.15. The number of benzene rings is 2. The van der Waals surface area contributed by atoms with Gasteiger partial charge in [0.1, 0.15) is 0 Å².